The molecule has 8 nitrogen and oxygen atoms in total. The van der Waals surface area contributed by atoms with Gasteiger partial charge in [0.15, 0.2) is 0 Å². The zero-order valence-corrected chi connectivity index (χ0v) is 17.2. The van der Waals surface area contributed by atoms with E-state index in [2.05, 4.69) is 10.6 Å². The molecule has 2 N–H and O–H groups in total. The molecule has 29 heavy (non-hydrogen) atoms. The number of ether oxygens (including phenoxy) is 4. The van der Waals surface area contributed by atoms with Crippen LogP contribution in [-0.4, -0.2) is 52.8 Å². The number of benzene rings is 2. The summed E-state index contributed by atoms with van der Waals surface area (Å²) in [6.07, 6.45) is 0. The third-order valence-electron chi connectivity index (χ3n) is 4.26. The van der Waals surface area contributed by atoms with Crippen LogP contribution in [0.25, 0.3) is 0 Å². The molecule has 0 spiro atoms. The Morgan fingerprint density at radius 1 is 0.759 bits per heavy atom. The van der Waals surface area contributed by atoms with E-state index in [4.69, 9.17) is 18.9 Å². The molecule has 0 aliphatic carbocycles. The zero-order valence-electron chi connectivity index (χ0n) is 17.2. The summed E-state index contributed by atoms with van der Waals surface area (Å²) >= 11 is 0. The molecule has 1 unspecified atom stereocenters. The van der Waals surface area contributed by atoms with Gasteiger partial charge in [-0.05, 0) is 31.2 Å². The molecule has 0 aliphatic heterocycles. The minimum Gasteiger partial charge on any atom is -0.496 e. The van der Waals surface area contributed by atoms with Crippen molar-refractivity contribution in [1.82, 2.24) is 10.6 Å². The summed E-state index contributed by atoms with van der Waals surface area (Å²) in [4.78, 5) is 25.3. The van der Waals surface area contributed by atoms with Gasteiger partial charge in [-0.25, -0.2) is 0 Å². The lowest BCUT2D eigenvalue weighted by molar-refractivity contribution is 0.0905. The molecule has 0 heterocycles. The van der Waals surface area contributed by atoms with Gasteiger partial charge in [0.1, 0.15) is 34.1 Å². The van der Waals surface area contributed by atoms with Gasteiger partial charge in [-0.3, -0.25) is 9.59 Å². The molecule has 1 atom stereocenters. The lowest BCUT2D eigenvalue weighted by Gasteiger charge is -2.18. The first-order chi connectivity index (χ1) is 14.0. The molecule has 2 aromatic rings. The van der Waals surface area contributed by atoms with E-state index in [-0.39, 0.29) is 24.4 Å². The summed E-state index contributed by atoms with van der Waals surface area (Å²) in [5, 5.41) is 5.62. The Kier molecular flexibility index (Phi) is 7.70. The van der Waals surface area contributed by atoms with Crippen molar-refractivity contribution in [2.45, 2.75) is 13.0 Å². The van der Waals surface area contributed by atoms with Crippen LogP contribution in [0.15, 0.2) is 36.4 Å². The van der Waals surface area contributed by atoms with Crippen LogP contribution >= 0.6 is 0 Å². The van der Waals surface area contributed by atoms with Crippen LogP contribution in [0.2, 0.25) is 0 Å². The van der Waals surface area contributed by atoms with Crippen LogP contribution in [0.3, 0.4) is 0 Å². The summed E-state index contributed by atoms with van der Waals surface area (Å²) in [6.45, 7) is 1.97. The summed E-state index contributed by atoms with van der Waals surface area (Å²) in [6, 6.07) is 9.82. The van der Waals surface area contributed by atoms with Crippen LogP contribution in [0.4, 0.5) is 0 Å². The fourth-order valence-corrected chi connectivity index (χ4v) is 2.83. The van der Waals surface area contributed by atoms with Crippen molar-refractivity contribution in [2.24, 2.45) is 0 Å². The monoisotopic (exact) mass is 402 g/mol. The first-order valence-electron chi connectivity index (χ1n) is 8.97. The molecule has 156 valence electrons. The van der Waals surface area contributed by atoms with E-state index in [1.807, 2.05) is 0 Å². The summed E-state index contributed by atoms with van der Waals surface area (Å²) in [5.41, 5.74) is 0.587. The van der Waals surface area contributed by atoms with Gasteiger partial charge < -0.3 is 29.6 Å². The molecule has 2 amide bonds. The largest absolute Gasteiger partial charge is 0.496 e. The topological polar surface area (TPSA) is 95.1 Å². The van der Waals surface area contributed by atoms with Gasteiger partial charge in [0, 0.05) is 12.6 Å². The van der Waals surface area contributed by atoms with Gasteiger partial charge in [-0.2, -0.15) is 0 Å². The van der Waals surface area contributed by atoms with Crippen molar-refractivity contribution in [3.8, 4) is 23.0 Å². The number of nitrogens with one attached hydrogen (secondary N) is 2. The second kappa shape index (κ2) is 10.2. The van der Waals surface area contributed by atoms with Crippen molar-refractivity contribution in [3.05, 3.63) is 47.5 Å². The first kappa shape index (κ1) is 21.9. The molecule has 0 aliphatic rings. The van der Waals surface area contributed by atoms with Crippen molar-refractivity contribution in [1.29, 1.82) is 0 Å². The Bertz CT molecular complexity index is 824. The minimum atomic E-state index is -0.365. The molecular weight excluding hydrogens is 376 g/mol. The maximum Gasteiger partial charge on any atom is 0.259 e. The van der Waals surface area contributed by atoms with E-state index in [1.54, 1.807) is 43.3 Å². The highest BCUT2D eigenvalue weighted by atomic mass is 16.5. The van der Waals surface area contributed by atoms with Gasteiger partial charge in [0.25, 0.3) is 11.8 Å². The van der Waals surface area contributed by atoms with Crippen LogP contribution < -0.4 is 29.6 Å². The zero-order chi connectivity index (χ0) is 21.4. The van der Waals surface area contributed by atoms with E-state index >= 15 is 0 Å². The number of hydrogen-bond donors (Lipinski definition) is 2. The Hall–Kier alpha value is -3.42. The smallest absolute Gasteiger partial charge is 0.259 e. The highest BCUT2D eigenvalue weighted by Gasteiger charge is 2.21. The minimum absolute atomic E-state index is 0.198. The average Bonchev–Trinajstić information content (AvgIpc) is 2.75. The number of carbonyl (C=O) groups is 2. The fraction of sp³-hybridized carbons (Fsp3) is 0.333. The Balaban J connectivity index is 2.07. The molecule has 2 rings (SSSR count). The highest BCUT2D eigenvalue weighted by molar-refractivity contribution is 6.01. The lowest BCUT2D eigenvalue weighted by atomic mass is 10.1. The van der Waals surface area contributed by atoms with E-state index in [0.29, 0.717) is 34.1 Å². The second-order valence-corrected chi connectivity index (χ2v) is 6.16. The molecule has 8 heteroatoms. The normalized spacial score (nSPS) is 11.2. The fourth-order valence-electron chi connectivity index (χ4n) is 2.83. The van der Waals surface area contributed by atoms with Crippen LogP contribution in [0.5, 0.6) is 23.0 Å². The lowest BCUT2D eigenvalue weighted by Crippen LogP contribution is -2.42. The van der Waals surface area contributed by atoms with Crippen LogP contribution in [0.1, 0.15) is 27.6 Å². The highest BCUT2D eigenvalue weighted by Crippen LogP contribution is 2.29. The molecule has 0 saturated heterocycles. The van der Waals surface area contributed by atoms with Crippen molar-refractivity contribution >= 4 is 11.8 Å². The number of hydrogen-bond acceptors (Lipinski definition) is 6. The number of methoxy groups -OCH3 is 4. The average molecular weight is 402 g/mol. The van der Waals surface area contributed by atoms with E-state index in [0.717, 1.165) is 0 Å². The molecule has 0 bridgehead atoms. The van der Waals surface area contributed by atoms with Gasteiger partial charge in [0.2, 0.25) is 0 Å². The van der Waals surface area contributed by atoms with Crippen LogP contribution in [-0.2, 0) is 0 Å². The third kappa shape index (κ3) is 5.10. The molecule has 0 radical (unpaired) electrons. The van der Waals surface area contributed by atoms with E-state index in [9.17, 15) is 9.59 Å². The number of carbonyl (C=O) groups excluding carboxylic acids is 2. The van der Waals surface area contributed by atoms with E-state index in [1.165, 1.54) is 28.4 Å². The van der Waals surface area contributed by atoms with Gasteiger partial charge >= 0.3 is 0 Å². The summed E-state index contributed by atoms with van der Waals surface area (Å²) in [5.74, 6) is 0.870. The summed E-state index contributed by atoms with van der Waals surface area (Å²) < 4.78 is 21.0. The van der Waals surface area contributed by atoms with Crippen molar-refractivity contribution in [2.75, 3.05) is 35.0 Å². The van der Waals surface area contributed by atoms with Crippen molar-refractivity contribution < 1.29 is 28.5 Å². The molecule has 2 aromatic carbocycles. The third-order valence-corrected chi connectivity index (χ3v) is 4.26. The van der Waals surface area contributed by atoms with Crippen molar-refractivity contribution in [3.63, 3.8) is 0 Å². The van der Waals surface area contributed by atoms with Gasteiger partial charge in [-0.15, -0.1) is 0 Å². The number of rotatable bonds is 9. The second-order valence-electron chi connectivity index (χ2n) is 6.16. The Labute approximate surface area is 170 Å². The Morgan fingerprint density at radius 3 is 1.52 bits per heavy atom. The predicted octanol–water partition coefficient (Wildman–Crippen LogP) is 2.27. The molecule has 0 saturated carbocycles. The molecule has 0 fully saturated rings. The standard InChI is InChI=1S/C21H26N2O6/c1-13(23-21(25)19-16(28-4)10-7-11-17(19)29-5)12-22-20(24)18-14(26-2)8-6-9-15(18)27-3/h6-11,13H,12H2,1-5H3,(H,22,24)(H,23,25). The first-order valence-corrected chi connectivity index (χ1v) is 8.97. The quantitative estimate of drug-likeness (QED) is 0.668. The molecular formula is C21H26N2O6. The predicted molar refractivity (Wildman–Crippen MR) is 108 cm³/mol. The maximum absolute atomic E-state index is 12.7. The number of amides is 2. The van der Waals surface area contributed by atoms with Gasteiger partial charge in [-0.1, -0.05) is 12.1 Å². The Morgan fingerprint density at radius 2 is 1.14 bits per heavy atom. The molecule has 0 aromatic heterocycles. The van der Waals surface area contributed by atoms with Crippen LogP contribution in [0, 0.1) is 0 Å². The van der Waals surface area contributed by atoms with E-state index < -0.39 is 0 Å². The van der Waals surface area contributed by atoms with Gasteiger partial charge in [0.05, 0.1) is 28.4 Å². The summed E-state index contributed by atoms with van der Waals surface area (Å²) in [7, 11) is 5.93. The SMILES string of the molecule is COc1cccc(OC)c1C(=O)NCC(C)NC(=O)c1c(OC)cccc1OC. The maximum atomic E-state index is 12.7.